The molecular formula is C9H16N2S. The lowest BCUT2D eigenvalue weighted by Gasteiger charge is -2.30. The van der Waals surface area contributed by atoms with Gasteiger partial charge in [-0.2, -0.15) is 0 Å². The molecule has 0 unspecified atom stereocenters. The zero-order valence-corrected chi connectivity index (χ0v) is 8.15. The van der Waals surface area contributed by atoms with E-state index in [0.717, 1.165) is 32.5 Å². The van der Waals surface area contributed by atoms with Gasteiger partial charge in [0.15, 0.2) is 0 Å². The molecule has 3 heteroatoms. The molecular weight excluding hydrogens is 168 g/mol. The number of nitrogens with zero attached hydrogens (tertiary/aromatic N) is 1. The molecule has 0 amide bonds. The molecule has 2 nitrogen and oxygen atoms in total. The summed E-state index contributed by atoms with van der Waals surface area (Å²) >= 11 is 4.96. The fraction of sp³-hybridized carbons (Fsp3) is 0.667. The Morgan fingerprint density at radius 3 is 2.58 bits per heavy atom. The van der Waals surface area contributed by atoms with E-state index < -0.39 is 0 Å². The van der Waals surface area contributed by atoms with Crippen LogP contribution < -0.4 is 5.73 Å². The normalized spacial score (nSPS) is 20.7. The summed E-state index contributed by atoms with van der Waals surface area (Å²) in [5, 5.41) is 0. The summed E-state index contributed by atoms with van der Waals surface area (Å²) in [4.78, 5) is 3.06. The van der Waals surface area contributed by atoms with Crippen LogP contribution in [0.2, 0.25) is 0 Å². The van der Waals surface area contributed by atoms with Crippen LogP contribution in [0.5, 0.6) is 0 Å². The van der Waals surface area contributed by atoms with E-state index >= 15 is 0 Å². The molecule has 1 fully saturated rings. The van der Waals surface area contributed by atoms with Crippen molar-refractivity contribution < 1.29 is 0 Å². The van der Waals surface area contributed by atoms with Gasteiger partial charge in [0.2, 0.25) is 0 Å². The number of likely N-dealkylation sites (tertiary alicyclic amines) is 1. The highest BCUT2D eigenvalue weighted by molar-refractivity contribution is 7.80. The van der Waals surface area contributed by atoms with E-state index in [1.54, 1.807) is 0 Å². The van der Waals surface area contributed by atoms with Crippen LogP contribution in [0.1, 0.15) is 12.8 Å². The first-order valence-electron chi connectivity index (χ1n) is 4.36. The van der Waals surface area contributed by atoms with Gasteiger partial charge in [-0.05, 0) is 25.9 Å². The lowest BCUT2D eigenvalue weighted by atomic mass is 9.97. The van der Waals surface area contributed by atoms with Gasteiger partial charge in [0, 0.05) is 12.5 Å². The fourth-order valence-electron chi connectivity index (χ4n) is 1.58. The first kappa shape index (κ1) is 9.68. The molecule has 0 saturated carbocycles. The van der Waals surface area contributed by atoms with Crippen molar-refractivity contribution >= 4 is 17.2 Å². The summed E-state index contributed by atoms with van der Waals surface area (Å²) in [6.45, 7) is 6.92. The second kappa shape index (κ2) is 4.58. The van der Waals surface area contributed by atoms with E-state index in [0.29, 0.717) is 10.9 Å². The van der Waals surface area contributed by atoms with Crippen LogP contribution in [0.25, 0.3) is 0 Å². The summed E-state index contributed by atoms with van der Waals surface area (Å²) in [6.07, 6.45) is 4.17. The Labute approximate surface area is 79.4 Å². The minimum atomic E-state index is 0.473. The maximum absolute atomic E-state index is 5.58. The molecule has 12 heavy (non-hydrogen) atoms. The minimum Gasteiger partial charge on any atom is -0.393 e. The molecule has 1 saturated heterocycles. The van der Waals surface area contributed by atoms with Gasteiger partial charge in [0.1, 0.15) is 0 Å². The van der Waals surface area contributed by atoms with Gasteiger partial charge in [0.05, 0.1) is 4.99 Å². The van der Waals surface area contributed by atoms with Gasteiger partial charge < -0.3 is 5.73 Å². The van der Waals surface area contributed by atoms with Crippen molar-refractivity contribution in [1.29, 1.82) is 0 Å². The average molecular weight is 184 g/mol. The zero-order valence-electron chi connectivity index (χ0n) is 7.33. The average Bonchev–Trinajstić information content (AvgIpc) is 2.06. The predicted molar refractivity (Wildman–Crippen MR) is 56.1 cm³/mol. The molecule has 0 aromatic heterocycles. The Morgan fingerprint density at radius 1 is 1.58 bits per heavy atom. The zero-order chi connectivity index (χ0) is 8.97. The highest BCUT2D eigenvalue weighted by atomic mass is 32.1. The van der Waals surface area contributed by atoms with Crippen molar-refractivity contribution in [2.24, 2.45) is 11.7 Å². The van der Waals surface area contributed by atoms with Crippen molar-refractivity contribution in [2.75, 3.05) is 19.6 Å². The van der Waals surface area contributed by atoms with Crippen molar-refractivity contribution in [3.63, 3.8) is 0 Å². The predicted octanol–water partition coefficient (Wildman–Crippen LogP) is 1.17. The smallest absolute Gasteiger partial charge is 0.0759 e. The summed E-state index contributed by atoms with van der Waals surface area (Å²) in [7, 11) is 0. The molecule has 1 rings (SSSR count). The van der Waals surface area contributed by atoms with E-state index in [4.69, 9.17) is 18.0 Å². The first-order chi connectivity index (χ1) is 5.74. The molecule has 1 heterocycles. The topological polar surface area (TPSA) is 29.3 Å². The van der Waals surface area contributed by atoms with Crippen molar-refractivity contribution in [3.05, 3.63) is 12.7 Å². The standard InChI is InChI=1S/C9H16N2S/c1-2-5-11-6-3-8(4-7-11)9(10)12/h2,8H,1,3-7H2,(H2,10,12). The SMILES string of the molecule is C=CCN1CCC(C(N)=S)CC1. The Hall–Kier alpha value is -0.410. The summed E-state index contributed by atoms with van der Waals surface area (Å²) in [5.41, 5.74) is 5.58. The molecule has 0 aromatic rings. The number of rotatable bonds is 3. The lowest BCUT2D eigenvalue weighted by molar-refractivity contribution is 0.230. The van der Waals surface area contributed by atoms with Crippen molar-refractivity contribution in [2.45, 2.75) is 12.8 Å². The summed E-state index contributed by atoms with van der Waals surface area (Å²) in [6, 6.07) is 0. The molecule has 1 aliphatic heterocycles. The van der Waals surface area contributed by atoms with Gasteiger partial charge in [-0.25, -0.2) is 0 Å². The van der Waals surface area contributed by atoms with Crippen LogP contribution in [0.3, 0.4) is 0 Å². The minimum absolute atomic E-state index is 0.473. The number of hydrogen-bond acceptors (Lipinski definition) is 2. The summed E-state index contributed by atoms with van der Waals surface area (Å²) in [5.74, 6) is 0.473. The largest absolute Gasteiger partial charge is 0.393 e. The Morgan fingerprint density at radius 2 is 2.17 bits per heavy atom. The maximum Gasteiger partial charge on any atom is 0.0759 e. The molecule has 68 valence electrons. The highest BCUT2D eigenvalue weighted by Gasteiger charge is 2.19. The van der Waals surface area contributed by atoms with E-state index in [1.807, 2.05) is 6.08 Å². The molecule has 0 aromatic carbocycles. The molecule has 2 N–H and O–H groups in total. The van der Waals surface area contributed by atoms with E-state index in [1.165, 1.54) is 0 Å². The van der Waals surface area contributed by atoms with Crippen molar-refractivity contribution in [1.82, 2.24) is 4.90 Å². The Kier molecular flexibility index (Phi) is 3.69. The number of piperidine rings is 1. The highest BCUT2D eigenvalue weighted by Crippen LogP contribution is 2.16. The number of thiocarbonyl (C=S) groups is 1. The van der Waals surface area contributed by atoms with Crippen LogP contribution >= 0.6 is 12.2 Å². The third-order valence-electron chi connectivity index (χ3n) is 2.38. The molecule has 0 radical (unpaired) electrons. The van der Waals surface area contributed by atoms with Crippen molar-refractivity contribution in [3.8, 4) is 0 Å². The van der Waals surface area contributed by atoms with Gasteiger partial charge >= 0.3 is 0 Å². The first-order valence-corrected chi connectivity index (χ1v) is 4.77. The Balaban J connectivity index is 2.29. The van der Waals surface area contributed by atoms with E-state index in [2.05, 4.69) is 11.5 Å². The second-order valence-corrected chi connectivity index (χ2v) is 3.74. The van der Waals surface area contributed by atoms with Crippen LogP contribution in [0.15, 0.2) is 12.7 Å². The van der Waals surface area contributed by atoms with Crippen LogP contribution in [0, 0.1) is 5.92 Å². The third-order valence-corrected chi connectivity index (χ3v) is 2.71. The van der Waals surface area contributed by atoms with Gasteiger partial charge in [-0.1, -0.05) is 18.3 Å². The molecule has 0 spiro atoms. The molecule has 0 aliphatic carbocycles. The Bertz CT molecular complexity index is 171. The molecule has 0 bridgehead atoms. The number of nitrogens with two attached hydrogens (primary N) is 1. The van der Waals surface area contributed by atoms with Crippen LogP contribution in [-0.4, -0.2) is 29.5 Å². The maximum atomic E-state index is 5.58. The monoisotopic (exact) mass is 184 g/mol. The quantitative estimate of drug-likeness (QED) is 0.527. The number of hydrogen-bond donors (Lipinski definition) is 1. The fourth-order valence-corrected chi connectivity index (χ4v) is 1.82. The van der Waals surface area contributed by atoms with E-state index in [-0.39, 0.29) is 0 Å². The van der Waals surface area contributed by atoms with Crippen LogP contribution in [0.4, 0.5) is 0 Å². The molecule has 0 atom stereocenters. The van der Waals surface area contributed by atoms with Gasteiger partial charge in [-0.15, -0.1) is 6.58 Å². The molecule has 1 aliphatic rings. The summed E-state index contributed by atoms with van der Waals surface area (Å²) < 4.78 is 0. The second-order valence-electron chi connectivity index (χ2n) is 3.27. The van der Waals surface area contributed by atoms with Gasteiger partial charge in [-0.3, -0.25) is 4.90 Å². The van der Waals surface area contributed by atoms with E-state index in [9.17, 15) is 0 Å². The van der Waals surface area contributed by atoms with Crippen LogP contribution in [-0.2, 0) is 0 Å². The lowest BCUT2D eigenvalue weighted by Crippen LogP contribution is -2.37. The third kappa shape index (κ3) is 2.57. The van der Waals surface area contributed by atoms with Gasteiger partial charge in [0.25, 0.3) is 0 Å².